The fourth-order valence-electron chi connectivity index (χ4n) is 1.87. The highest BCUT2D eigenvalue weighted by atomic mass is 35.5. The van der Waals surface area contributed by atoms with Crippen molar-refractivity contribution in [1.82, 2.24) is 9.97 Å². The molecule has 1 heterocycles. The maximum absolute atomic E-state index is 12.3. The summed E-state index contributed by atoms with van der Waals surface area (Å²) in [5.41, 5.74) is 1.97. The standard InChI is InChI=1S/C13H10ClN3O2S/c14-10-3-1-2-4-13(10)20(18,19)17-9-5-6-11-12(7-9)16-8-15-11/h1-8,17H,(H,15,16). The highest BCUT2D eigenvalue weighted by Crippen LogP contribution is 2.24. The minimum atomic E-state index is -3.71. The predicted molar refractivity (Wildman–Crippen MR) is 78.4 cm³/mol. The van der Waals surface area contributed by atoms with Gasteiger partial charge in [0.2, 0.25) is 0 Å². The number of hydrogen-bond acceptors (Lipinski definition) is 3. The van der Waals surface area contributed by atoms with Gasteiger partial charge in [-0.2, -0.15) is 0 Å². The molecule has 5 nitrogen and oxygen atoms in total. The van der Waals surface area contributed by atoms with Gasteiger partial charge in [0, 0.05) is 0 Å². The molecule has 0 spiro atoms. The van der Waals surface area contributed by atoms with E-state index >= 15 is 0 Å². The van der Waals surface area contributed by atoms with Crippen molar-refractivity contribution in [2.45, 2.75) is 4.90 Å². The zero-order chi connectivity index (χ0) is 14.2. The molecule has 0 aliphatic carbocycles. The first-order valence-corrected chi connectivity index (χ1v) is 7.63. The Morgan fingerprint density at radius 1 is 1.15 bits per heavy atom. The summed E-state index contributed by atoms with van der Waals surface area (Å²) in [6.07, 6.45) is 1.55. The van der Waals surface area contributed by atoms with E-state index in [1.165, 1.54) is 12.1 Å². The van der Waals surface area contributed by atoms with Crippen LogP contribution in [0.1, 0.15) is 0 Å². The van der Waals surface area contributed by atoms with Crippen molar-refractivity contribution in [3.63, 3.8) is 0 Å². The Morgan fingerprint density at radius 3 is 2.75 bits per heavy atom. The van der Waals surface area contributed by atoms with Crippen LogP contribution in [-0.4, -0.2) is 18.4 Å². The minimum Gasteiger partial charge on any atom is -0.345 e. The van der Waals surface area contributed by atoms with Gasteiger partial charge in [0.25, 0.3) is 10.0 Å². The van der Waals surface area contributed by atoms with E-state index in [0.29, 0.717) is 5.69 Å². The molecule has 3 rings (SSSR count). The van der Waals surface area contributed by atoms with Gasteiger partial charge in [-0.25, -0.2) is 13.4 Å². The third kappa shape index (κ3) is 2.35. The van der Waals surface area contributed by atoms with Crippen LogP contribution in [0.15, 0.2) is 53.7 Å². The third-order valence-corrected chi connectivity index (χ3v) is 4.68. The Labute approximate surface area is 120 Å². The molecule has 0 atom stereocenters. The number of benzene rings is 2. The van der Waals surface area contributed by atoms with E-state index in [2.05, 4.69) is 14.7 Å². The number of rotatable bonds is 3. The summed E-state index contributed by atoms with van der Waals surface area (Å²) in [5, 5.41) is 0.183. The quantitative estimate of drug-likeness (QED) is 0.781. The van der Waals surface area contributed by atoms with Crippen molar-refractivity contribution in [2.75, 3.05) is 4.72 Å². The lowest BCUT2D eigenvalue weighted by molar-refractivity contribution is 0.601. The van der Waals surface area contributed by atoms with E-state index in [1.807, 2.05) is 0 Å². The number of hydrogen-bond donors (Lipinski definition) is 2. The summed E-state index contributed by atoms with van der Waals surface area (Å²) in [7, 11) is -3.71. The summed E-state index contributed by atoms with van der Waals surface area (Å²) in [4.78, 5) is 7.05. The second kappa shape index (κ2) is 4.81. The van der Waals surface area contributed by atoms with E-state index in [9.17, 15) is 8.42 Å². The van der Waals surface area contributed by atoms with E-state index in [1.54, 1.807) is 36.7 Å². The van der Waals surface area contributed by atoms with Gasteiger partial charge in [0.05, 0.1) is 28.1 Å². The number of nitrogens with zero attached hydrogens (tertiary/aromatic N) is 1. The number of aromatic nitrogens is 2. The molecule has 102 valence electrons. The highest BCUT2D eigenvalue weighted by Gasteiger charge is 2.17. The summed E-state index contributed by atoms with van der Waals surface area (Å²) in [6.45, 7) is 0. The second-order valence-corrected chi connectivity index (χ2v) is 6.23. The van der Waals surface area contributed by atoms with Crippen molar-refractivity contribution in [2.24, 2.45) is 0 Å². The summed E-state index contributed by atoms with van der Waals surface area (Å²) >= 11 is 5.92. The summed E-state index contributed by atoms with van der Waals surface area (Å²) < 4.78 is 27.0. The molecule has 0 unspecified atom stereocenters. The first-order valence-electron chi connectivity index (χ1n) is 5.77. The van der Waals surface area contributed by atoms with Gasteiger partial charge in [-0.3, -0.25) is 4.72 Å². The Balaban J connectivity index is 1.99. The van der Waals surface area contributed by atoms with Crippen LogP contribution in [0.2, 0.25) is 5.02 Å². The van der Waals surface area contributed by atoms with Crippen LogP contribution in [0, 0.1) is 0 Å². The first kappa shape index (κ1) is 13.0. The maximum atomic E-state index is 12.3. The Hall–Kier alpha value is -2.05. The van der Waals surface area contributed by atoms with Crippen LogP contribution in [0.25, 0.3) is 11.0 Å². The van der Waals surface area contributed by atoms with E-state index in [4.69, 9.17) is 11.6 Å². The average Bonchev–Trinajstić information content (AvgIpc) is 2.86. The molecule has 0 aliphatic rings. The maximum Gasteiger partial charge on any atom is 0.263 e. The molecule has 20 heavy (non-hydrogen) atoms. The van der Waals surface area contributed by atoms with Gasteiger partial charge in [0.15, 0.2) is 0 Å². The lowest BCUT2D eigenvalue weighted by atomic mass is 10.3. The van der Waals surface area contributed by atoms with Gasteiger partial charge in [-0.15, -0.1) is 0 Å². The lowest BCUT2D eigenvalue weighted by Crippen LogP contribution is -2.13. The highest BCUT2D eigenvalue weighted by molar-refractivity contribution is 7.92. The molecule has 0 aliphatic heterocycles. The van der Waals surface area contributed by atoms with E-state index < -0.39 is 10.0 Å². The average molecular weight is 308 g/mol. The van der Waals surface area contributed by atoms with E-state index in [0.717, 1.165) is 11.0 Å². The Kier molecular flexibility index (Phi) is 3.11. The number of sulfonamides is 1. The van der Waals surface area contributed by atoms with E-state index in [-0.39, 0.29) is 9.92 Å². The normalized spacial score (nSPS) is 11.7. The molecular formula is C13H10ClN3O2S. The molecule has 0 saturated carbocycles. The summed E-state index contributed by atoms with van der Waals surface area (Å²) in [5.74, 6) is 0. The fraction of sp³-hybridized carbons (Fsp3) is 0. The van der Waals surface area contributed by atoms with Crippen LogP contribution in [0.5, 0.6) is 0 Å². The van der Waals surface area contributed by atoms with Crippen molar-refractivity contribution in [3.05, 3.63) is 53.8 Å². The van der Waals surface area contributed by atoms with Gasteiger partial charge in [0.1, 0.15) is 4.90 Å². The van der Waals surface area contributed by atoms with Crippen LogP contribution in [0.4, 0.5) is 5.69 Å². The Morgan fingerprint density at radius 2 is 1.95 bits per heavy atom. The van der Waals surface area contributed by atoms with Crippen LogP contribution in [-0.2, 0) is 10.0 Å². The SMILES string of the molecule is O=S(=O)(Nc1ccc2nc[nH]c2c1)c1ccccc1Cl. The molecule has 1 aromatic heterocycles. The van der Waals surface area contributed by atoms with Gasteiger partial charge in [-0.1, -0.05) is 23.7 Å². The third-order valence-electron chi connectivity index (χ3n) is 2.80. The number of nitrogens with one attached hydrogen (secondary N) is 2. The Bertz CT molecular complexity index is 874. The lowest BCUT2D eigenvalue weighted by Gasteiger charge is -2.09. The molecule has 7 heteroatoms. The molecule has 0 saturated heterocycles. The number of imidazole rings is 1. The molecular weight excluding hydrogens is 298 g/mol. The molecule has 3 aromatic rings. The number of aromatic amines is 1. The van der Waals surface area contributed by atoms with Crippen LogP contribution < -0.4 is 4.72 Å². The van der Waals surface area contributed by atoms with Crippen molar-refractivity contribution in [1.29, 1.82) is 0 Å². The number of fused-ring (bicyclic) bond motifs is 1. The topological polar surface area (TPSA) is 74.8 Å². The zero-order valence-electron chi connectivity index (χ0n) is 10.2. The molecule has 0 radical (unpaired) electrons. The number of H-pyrrole nitrogens is 1. The molecule has 0 amide bonds. The monoisotopic (exact) mass is 307 g/mol. The number of halogens is 1. The zero-order valence-corrected chi connectivity index (χ0v) is 11.7. The van der Waals surface area contributed by atoms with Gasteiger partial charge >= 0.3 is 0 Å². The molecule has 2 aromatic carbocycles. The van der Waals surface area contributed by atoms with Crippen LogP contribution >= 0.6 is 11.6 Å². The molecule has 0 fully saturated rings. The first-order chi connectivity index (χ1) is 9.56. The summed E-state index contributed by atoms with van der Waals surface area (Å²) in [6, 6.07) is 11.4. The predicted octanol–water partition coefficient (Wildman–Crippen LogP) is 3.02. The smallest absolute Gasteiger partial charge is 0.263 e. The van der Waals surface area contributed by atoms with Gasteiger partial charge in [-0.05, 0) is 30.3 Å². The molecule has 0 bridgehead atoms. The van der Waals surface area contributed by atoms with Crippen molar-refractivity contribution < 1.29 is 8.42 Å². The van der Waals surface area contributed by atoms with Crippen molar-refractivity contribution in [3.8, 4) is 0 Å². The largest absolute Gasteiger partial charge is 0.345 e. The fourth-order valence-corrected chi connectivity index (χ4v) is 3.44. The van der Waals surface area contributed by atoms with Gasteiger partial charge < -0.3 is 4.98 Å². The number of anilines is 1. The minimum absolute atomic E-state index is 0.0476. The molecule has 2 N–H and O–H groups in total. The second-order valence-electron chi connectivity index (χ2n) is 4.17. The van der Waals surface area contributed by atoms with Crippen molar-refractivity contribution >= 4 is 38.3 Å². The van der Waals surface area contributed by atoms with Crippen LogP contribution in [0.3, 0.4) is 0 Å².